The van der Waals surface area contributed by atoms with E-state index in [0.29, 0.717) is 23.8 Å². The summed E-state index contributed by atoms with van der Waals surface area (Å²) in [6.45, 7) is 0.626. The quantitative estimate of drug-likeness (QED) is 0.533. The number of amides is 1. The van der Waals surface area contributed by atoms with Gasteiger partial charge in [0.25, 0.3) is 5.91 Å². The van der Waals surface area contributed by atoms with Crippen LogP contribution in [0.15, 0.2) is 71.7 Å². The second kappa shape index (κ2) is 8.28. The Bertz CT molecular complexity index is 1270. The summed E-state index contributed by atoms with van der Waals surface area (Å²) in [4.78, 5) is 29.5. The number of nitrogens with zero attached hydrogens (tertiary/aromatic N) is 3. The molecule has 8 heteroatoms. The van der Waals surface area contributed by atoms with Crippen LogP contribution in [0.25, 0.3) is 11.2 Å². The van der Waals surface area contributed by atoms with Gasteiger partial charge >= 0.3 is 5.69 Å². The third-order valence-electron chi connectivity index (χ3n) is 4.75. The minimum Gasteiger partial charge on any atom is -0.350 e. The monoisotopic (exact) mass is 408 g/mol. The molecule has 2 aromatic carbocycles. The molecule has 0 aliphatic heterocycles. The van der Waals surface area contributed by atoms with Crippen LogP contribution < -0.4 is 11.0 Å². The summed E-state index contributed by atoms with van der Waals surface area (Å²) < 4.78 is 29.9. The zero-order valence-electron chi connectivity index (χ0n) is 15.9. The number of pyridine rings is 1. The van der Waals surface area contributed by atoms with Gasteiger partial charge < -0.3 is 5.32 Å². The van der Waals surface area contributed by atoms with Crippen LogP contribution in [0.3, 0.4) is 0 Å². The number of carbonyl (C=O) groups is 1. The molecule has 0 saturated carbocycles. The number of nitrogens with one attached hydrogen (secondary N) is 1. The highest BCUT2D eigenvalue weighted by Gasteiger charge is 2.16. The van der Waals surface area contributed by atoms with Crippen molar-refractivity contribution in [3.63, 3.8) is 0 Å². The first kappa shape index (κ1) is 19.5. The summed E-state index contributed by atoms with van der Waals surface area (Å²) in [7, 11) is 0. The van der Waals surface area contributed by atoms with Gasteiger partial charge in [0.15, 0.2) is 5.65 Å². The fraction of sp³-hybridized carbons (Fsp3) is 0.136. The van der Waals surface area contributed by atoms with Crippen LogP contribution in [-0.2, 0) is 13.1 Å². The SMILES string of the molecule is O=C(NCCn1c(=O)n(Cc2ccccc2)c2cccnc21)c1ccc(F)cc1F. The van der Waals surface area contributed by atoms with Crippen LogP contribution in [0.5, 0.6) is 0 Å². The van der Waals surface area contributed by atoms with Gasteiger partial charge in [0.05, 0.1) is 17.6 Å². The van der Waals surface area contributed by atoms with Crippen LogP contribution in [0.2, 0.25) is 0 Å². The molecule has 0 saturated heterocycles. The van der Waals surface area contributed by atoms with E-state index in [-0.39, 0.29) is 24.3 Å². The summed E-state index contributed by atoms with van der Waals surface area (Å²) in [5, 5.41) is 2.56. The fourth-order valence-electron chi connectivity index (χ4n) is 3.32. The molecule has 0 spiro atoms. The van der Waals surface area contributed by atoms with Gasteiger partial charge in [-0.3, -0.25) is 13.9 Å². The highest BCUT2D eigenvalue weighted by atomic mass is 19.1. The first-order valence-electron chi connectivity index (χ1n) is 9.36. The van der Waals surface area contributed by atoms with Crippen molar-refractivity contribution < 1.29 is 13.6 Å². The van der Waals surface area contributed by atoms with E-state index in [1.165, 1.54) is 4.57 Å². The molecule has 152 valence electrons. The molecule has 6 nitrogen and oxygen atoms in total. The Morgan fingerprint density at radius 3 is 2.57 bits per heavy atom. The van der Waals surface area contributed by atoms with E-state index < -0.39 is 17.5 Å². The van der Waals surface area contributed by atoms with Crippen molar-refractivity contribution in [1.82, 2.24) is 19.4 Å². The normalized spacial score (nSPS) is 11.0. The van der Waals surface area contributed by atoms with Crippen LogP contribution in [0.4, 0.5) is 8.78 Å². The van der Waals surface area contributed by atoms with Crippen LogP contribution >= 0.6 is 0 Å². The standard InChI is InChI=1S/C22H18F2N4O2/c23-16-8-9-17(18(24)13-16)21(29)26-11-12-27-20-19(7-4-10-25-20)28(22(27)30)14-15-5-2-1-3-6-15/h1-10,13H,11-12,14H2,(H,26,29). The maximum Gasteiger partial charge on any atom is 0.330 e. The van der Waals surface area contributed by atoms with Crippen molar-refractivity contribution in [3.05, 3.63) is 100 Å². The predicted octanol–water partition coefficient (Wildman–Crippen LogP) is 2.95. The summed E-state index contributed by atoms with van der Waals surface area (Å²) in [6.07, 6.45) is 1.59. The van der Waals surface area contributed by atoms with E-state index in [4.69, 9.17) is 0 Å². The number of aromatic nitrogens is 3. The van der Waals surface area contributed by atoms with Crippen molar-refractivity contribution >= 4 is 17.1 Å². The van der Waals surface area contributed by atoms with E-state index in [2.05, 4.69) is 10.3 Å². The molecule has 0 fully saturated rings. The lowest BCUT2D eigenvalue weighted by atomic mass is 10.2. The van der Waals surface area contributed by atoms with E-state index in [9.17, 15) is 18.4 Å². The minimum atomic E-state index is -0.939. The average Bonchev–Trinajstić information content (AvgIpc) is 3.00. The maximum absolute atomic E-state index is 13.8. The van der Waals surface area contributed by atoms with Gasteiger partial charge in [0.1, 0.15) is 11.6 Å². The molecule has 0 aliphatic rings. The highest BCUT2D eigenvalue weighted by molar-refractivity contribution is 5.94. The fourth-order valence-corrected chi connectivity index (χ4v) is 3.32. The number of carbonyl (C=O) groups excluding carboxylic acids is 1. The number of rotatable bonds is 6. The van der Waals surface area contributed by atoms with Gasteiger partial charge in [-0.05, 0) is 29.8 Å². The number of imidazole rings is 1. The summed E-state index contributed by atoms with van der Waals surface area (Å²) in [5.74, 6) is -2.37. The summed E-state index contributed by atoms with van der Waals surface area (Å²) in [5.41, 5.74) is 1.65. The van der Waals surface area contributed by atoms with Crippen molar-refractivity contribution in [2.24, 2.45) is 0 Å². The molecule has 0 unspecified atom stereocenters. The summed E-state index contributed by atoms with van der Waals surface area (Å²) in [6, 6.07) is 15.9. The Balaban J connectivity index is 1.55. The zero-order chi connectivity index (χ0) is 21.1. The highest BCUT2D eigenvalue weighted by Crippen LogP contribution is 2.13. The Morgan fingerprint density at radius 2 is 1.80 bits per heavy atom. The number of halogens is 2. The molecule has 30 heavy (non-hydrogen) atoms. The molecule has 4 rings (SSSR count). The first-order valence-corrected chi connectivity index (χ1v) is 9.36. The summed E-state index contributed by atoms with van der Waals surface area (Å²) >= 11 is 0. The van der Waals surface area contributed by atoms with E-state index in [1.54, 1.807) is 16.8 Å². The zero-order valence-corrected chi connectivity index (χ0v) is 15.9. The third kappa shape index (κ3) is 3.84. The molecule has 4 aromatic rings. The molecule has 0 bridgehead atoms. The smallest absolute Gasteiger partial charge is 0.330 e. The second-order valence-corrected chi connectivity index (χ2v) is 6.73. The van der Waals surface area contributed by atoms with E-state index in [0.717, 1.165) is 17.7 Å². The lowest BCUT2D eigenvalue weighted by Gasteiger charge is -2.07. The predicted molar refractivity (Wildman–Crippen MR) is 108 cm³/mol. The Labute approximate surface area is 170 Å². The molecule has 2 aromatic heterocycles. The van der Waals surface area contributed by atoms with Gasteiger partial charge in [-0.25, -0.2) is 18.6 Å². The lowest BCUT2D eigenvalue weighted by Crippen LogP contribution is -2.32. The van der Waals surface area contributed by atoms with Gasteiger partial charge in [-0.1, -0.05) is 30.3 Å². The Hall–Kier alpha value is -3.81. The van der Waals surface area contributed by atoms with Crippen molar-refractivity contribution in [3.8, 4) is 0 Å². The van der Waals surface area contributed by atoms with Crippen LogP contribution in [0, 0.1) is 11.6 Å². The Kier molecular flexibility index (Phi) is 5.38. The number of hydrogen-bond acceptors (Lipinski definition) is 3. The molecular weight excluding hydrogens is 390 g/mol. The average molecular weight is 408 g/mol. The van der Waals surface area contributed by atoms with Gasteiger partial charge in [0.2, 0.25) is 0 Å². The van der Waals surface area contributed by atoms with E-state index >= 15 is 0 Å². The van der Waals surface area contributed by atoms with Gasteiger partial charge in [-0.2, -0.15) is 0 Å². The van der Waals surface area contributed by atoms with Gasteiger partial charge in [-0.15, -0.1) is 0 Å². The second-order valence-electron chi connectivity index (χ2n) is 6.73. The van der Waals surface area contributed by atoms with E-state index in [1.807, 2.05) is 36.4 Å². The number of fused-ring (bicyclic) bond motifs is 1. The maximum atomic E-state index is 13.8. The molecule has 0 atom stereocenters. The van der Waals surface area contributed by atoms with Crippen LogP contribution in [0.1, 0.15) is 15.9 Å². The van der Waals surface area contributed by atoms with Crippen molar-refractivity contribution in [1.29, 1.82) is 0 Å². The minimum absolute atomic E-state index is 0.0799. The molecular formula is C22H18F2N4O2. The van der Waals surface area contributed by atoms with Crippen LogP contribution in [-0.4, -0.2) is 26.6 Å². The Morgan fingerprint density at radius 1 is 1.00 bits per heavy atom. The van der Waals surface area contributed by atoms with Crippen molar-refractivity contribution in [2.75, 3.05) is 6.54 Å². The number of benzene rings is 2. The third-order valence-corrected chi connectivity index (χ3v) is 4.75. The van der Waals surface area contributed by atoms with Gasteiger partial charge in [0, 0.05) is 25.4 Å². The number of hydrogen-bond donors (Lipinski definition) is 1. The first-order chi connectivity index (χ1) is 14.5. The molecule has 0 radical (unpaired) electrons. The van der Waals surface area contributed by atoms with Crippen molar-refractivity contribution in [2.45, 2.75) is 13.1 Å². The topological polar surface area (TPSA) is 68.9 Å². The molecule has 1 N–H and O–H groups in total. The molecule has 0 aliphatic carbocycles. The lowest BCUT2D eigenvalue weighted by molar-refractivity contribution is 0.0948. The molecule has 2 heterocycles. The molecule has 1 amide bonds. The largest absolute Gasteiger partial charge is 0.350 e.